The van der Waals surface area contributed by atoms with Gasteiger partial charge in [0.25, 0.3) is 0 Å². The third kappa shape index (κ3) is 3.18. The van der Waals surface area contributed by atoms with Gasteiger partial charge in [0.1, 0.15) is 5.75 Å². The molecule has 2 rings (SSSR count). The molecule has 0 saturated carbocycles. The van der Waals surface area contributed by atoms with Crippen LogP contribution < -0.4 is 4.74 Å². The minimum atomic E-state index is 0.814. The molecule has 0 aliphatic carbocycles. The summed E-state index contributed by atoms with van der Waals surface area (Å²) in [5.74, 6) is 0.814. The van der Waals surface area contributed by atoms with E-state index in [9.17, 15) is 0 Å². The number of aliphatic imine (C=N–C) groups is 1. The SMILES string of the molecule is COc1cc[c]c(C=Nc2ccc(C)cc2)c1. The summed E-state index contributed by atoms with van der Waals surface area (Å²) in [5, 5.41) is 0. The van der Waals surface area contributed by atoms with Crippen LogP contribution in [-0.4, -0.2) is 13.3 Å². The third-order valence-corrected chi connectivity index (χ3v) is 2.42. The van der Waals surface area contributed by atoms with Crippen LogP contribution in [0.15, 0.2) is 47.5 Å². The van der Waals surface area contributed by atoms with Gasteiger partial charge in [-0.3, -0.25) is 4.99 Å². The predicted molar refractivity (Wildman–Crippen MR) is 70.3 cm³/mol. The van der Waals surface area contributed by atoms with E-state index >= 15 is 0 Å². The summed E-state index contributed by atoms with van der Waals surface area (Å²) in [6.07, 6.45) is 1.78. The Kier molecular flexibility index (Phi) is 3.55. The Morgan fingerprint density at radius 1 is 1.18 bits per heavy atom. The molecule has 0 atom stereocenters. The lowest BCUT2D eigenvalue weighted by atomic mass is 10.2. The smallest absolute Gasteiger partial charge is 0.119 e. The van der Waals surface area contributed by atoms with Crippen LogP contribution in [0, 0.1) is 13.0 Å². The minimum Gasteiger partial charge on any atom is -0.497 e. The van der Waals surface area contributed by atoms with E-state index in [0.717, 1.165) is 17.0 Å². The van der Waals surface area contributed by atoms with Gasteiger partial charge in [-0.2, -0.15) is 0 Å². The van der Waals surface area contributed by atoms with Gasteiger partial charge in [0.15, 0.2) is 0 Å². The van der Waals surface area contributed by atoms with Gasteiger partial charge in [0.2, 0.25) is 0 Å². The van der Waals surface area contributed by atoms with Gasteiger partial charge in [-0.1, -0.05) is 23.8 Å². The molecule has 17 heavy (non-hydrogen) atoms. The lowest BCUT2D eigenvalue weighted by Gasteiger charge is -1.99. The monoisotopic (exact) mass is 224 g/mol. The molecule has 2 nitrogen and oxygen atoms in total. The summed E-state index contributed by atoms with van der Waals surface area (Å²) < 4.78 is 5.14. The molecule has 1 radical (unpaired) electrons. The van der Waals surface area contributed by atoms with E-state index in [2.05, 4.69) is 18.0 Å². The second-order valence-corrected chi connectivity index (χ2v) is 3.78. The van der Waals surface area contributed by atoms with Crippen molar-refractivity contribution in [2.75, 3.05) is 7.11 Å². The first-order valence-electron chi connectivity index (χ1n) is 5.44. The standard InChI is InChI=1S/C15H14NO/c1-12-6-8-14(9-7-12)16-11-13-4-3-5-15(10-13)17-2/h3,5-11H,1-2H3. The van der Waals surface area contributed by atoms with E-state index in [4.69, 9.17) is 4.74 Å². The molecule has 0 fully saturated rings. The fourth-order valence-corrected chi connectivity index (χ4v) is 1.44. The Bertz CT molecular complexity index is 515. The zero-order valence-corrected chi connectivity index (χ0v) is 9.97. The first-order valence-corrected chi connectivity index (χ1v) is 5.44. The highest BCUT2D eigenvalue weighted by Crippen LogP contribution is 2.14. The van der Waals surface area contributed by atoms with Gasteiger partial charge >= 0.3 is 0 Å². The van der Waals surface area contributed by atoms with Crippen molar-refractivity contribution < 1.29 is 4.74 Å². The van der Waals surface area contributed by atoms with Crippen LogP contribution in [0.4, 0.5) is 5.69 Å². The Morgan fingerprint density at radius 3 is 2.65 bits per heavy atom. The normalized spacial score (nSPS) is 10.7. The van der Waals surface area contributed by atoms with Gasteiger partial charge in [-0.25, -0.2) is 0 Å². The number of nitrogens with zero attached hydrogens (tertiary/aromatic N) is 1. The van der Waals surface area contributed by atoms with Crippen LogP contribution in [-0.2, 0) is 0 Å². The largest absolute Gasteiger partial charge is 0.497 e. The number of ether oxygens (including phenoxy) is 1. The van der Waals surface area contributed by atoms with E-state index < -0.39 is 0 Å². The lowest BCUT2D eigenvalue weighted by molar-refractivity contribution is 0.414. The summed E-state index contributed by atoms with van der Waals surface area (Å²) in [4.78, 5) is 4.38. The first-order chi connectivity index (χ1) is 8.28. The van der Waals surface area contributed by atoms with Crippen LogP contribution in [0.2, 0.25) is 0 Å². The molecule has 0 bridgehead atoms. The lowest BCUT2D eigenvalue weighted by Crippen LogP contribution is -1.85. The summed E-state index contributed by atoms with van der Waals surface area (Å²) >= 11 is 0. The maximum absolute atomic E-state index is 5.14. The van der Waals surface area contributed by atoms with E-state index in [0.29, 0.717) is 0 Å². The Labute approximate surface area is 102 Å². The molecule has 0 aromatic heterocycles. The van der Waals surface area contributed by atoms with Crippen molar-refractivity contribution in [3.05, 3.63) is 59.7 Å². The molecular weight excluding hydrogens is 210 g/mol. The second kappa shape index (κ2) is 5.30. The second-order valence-electron chi connectivity index (χ2n) is 3.78. The van der Waals surface area contributed by atoms with Crippen molar-refractivity contribution in [3.63, 3.8) is 0 Å². The Hall–Kier alpha value is -2.09. The van der Waals surface area contributed by atoms with Crippen molar-refractivity contribution in [1.29, 1.82) is 0 Å². The number of aryl methyl sites for hydroxylation is 1. The molecule has 0 saturated heterocycles. The number of methoxy groups -OCH3 is 1. The average molecular weight is 224 g/mol. The molecule has 0 heterocycles. The van der Waals surface area contributed by atoms with Crippen molar-refractivity contribution in [2.24, 2.45) is 4.99 Å². The van der Waals surface area contributed by atoms with Crippen LogP contribution in [0.3, 0.4) is 0 Å². The zero-order chi connectivity index (χ0) is 12.1. The highest BCUT2D eigenvalue weighted by molar-refractivity contribution is 5.82. The maximum Gasteiger partial charge on any atom is 0.119 e. The van der Waals surface area contributed by atoms with E-state index in [1.807, 2.05) is 42.5 Å². The molecule has 0 aliphatic rings. The fourth-order valence-electron chi connectivity index (χ4n) is 1.44. The molecule has 0 amide bonds. The van der Waals surface area contributed by atoms with Gasteiger partial charge in [-0.05, 0) is 37.3 Å². The summed E-state index contributed by atoms with van der Waals surface area (Å²) in [6, 6.07) is 16.8. The molecule has 85 valence electrons. The highest BCUT2D eigenvalue weighted by atomic mass is 16.5. The van der Waals surface area contributed by atoms with Crippen molar-refractivity contribution in [3.8, 4) is 5.75 Å². The minimum absolute atomic E-state index is 0.814. The molecule has 2 aromatic carbocycles. The quantitative estimate of drug-likeness (QED) is 0.730. The molecule has 0 N–H and O–H groups in total. The van der Waals surface area contributed by atoms with Gasteiger partial charge < -0.3 is 4.74 Å². The molecule has 2 heteroatoms. The fraction of sp³-hybridized carbons (Fsp3) is 0.133. The summed E-state index contributed by atoms with van der Waals surface area (Å²) in [5.41, 5.74) is 3.08. The van der Waals surface area contributed by atoms with Crippen LogP contribution in [0.25, 0.3) is 0 Å². The Balaban J connectivity index is 2.16. The van der Waals surface area contributed by atoms with Crippen LogP contribution in [0.5, 0.6) is 5.75 Å². The zero-order valence-electron chi connectivity index (χ0n) is 9.97. The van der Waals surface area contributed by atoms with Gasteiger partial charge in [0, 0.05) is 11.8 Å². The van der Waals surface area contributed by atoms with Crippen molar-refractivity contribution in [1.82, 2.24) is 0 Å². The van der Waals surface area contributed by atoms with Crippen molar-refractivity contribution in [2.45, 2.75) is 6.92 Å². The summed E-state index contributed by atoms with van der Waals surface area (Å²) in [7, 11) is 1.65. The topological polar surface area (TPSA) is 21.6 Å². The number of benzene rings is 2. The predicted octanol–water partition coefficient (Wildman–Crippen LogP) is 3.55. The highest BCUT2D eigenvalue weighted by Gasteiger charge is 1.93. The van der Waals surface area contributed by atoms with E-state index in [1.165, 1.54) is 5.56 Å². The average Bonchev–Trinajstić information content (AvgIpc) is 2.38. The van der Waals surface area contributed by atoms with Gasteiger partial charge in [0.05, 0.1) is 12.8 Å². The number of hydrogen-bond donors (Lipinski definition) is 0. The summed E-state index contributed by atoms with van der Waals surface area (Å²) in [6.45, 7) is 2.06. The van der Waals surface area contributed by atoms with Crippen molar-refractivity contribution >= 4 is 11.9 Å². The number of rotatable bonds is 3. The van der Waals surface area contributed by atoms with Gasteiger partial charge in [-0.15, -0.1) is 0 Å². The van der Waals surface area contributed by atoms with Crippen LogP contribution in [0.1, 0.15) is 11.1 Å². The van der Waals surface area contributed by atoms with Crippen LogP contribution >= 0.6 is 0 Å². The molecule has 2 aromatic rings. The van der Waals surface area contributed by atoms with E-state index in [1.54, 1.807) is 13.3 Å². The molecule has 0 spiro atoms. The maximum atomic E-state index is 5.14. The third-order valence-electron chi connectivity index (χ3n) is 2.42. The van der Waals surface area contributed by atoms with E-state index in [-0.39, 0.29) is 0 Å². The Morgan fingerprint density at radius 2 is 1.94 bits per heavy atom. The first kappa shape index (κ1) is 11.4. The molecule has 0 unspecified atom stereocenters. The number of hydrogen-bond acceptors (Lipinski definition) is 2. The molecular formula is C15H14NO. The molecule has 0 aliphatic heterocycles.